The molecule has 0 heterocycles. The predicted octanol–water partition coefficient (Wildman–Crippen LogP) is 3.97. The molecule has 0 unspecified atom stereocenters. The zero-order valence-corrected chi connectivity index (χ0v) is 11.5. The Kier molecular flexibility index (Phi) is 3.40. The van der Waals surface area contributed by atoms with Crippen LogP contribution in [0.4, 0.5) is 0 Å². The van der Waals surface area contributed by atoms with Crippen LogP contribution in [0.2, 0.25) is 0 Å². The Balaban J connectivity index is 2.03. The van der Waals surface area contributed by atoms with Crippen molar-refractivity contribution in [3.8, 4) is 16.9 Å². The van der Waals surface area contributed by atoms with Gasteiger partial charge < -0.3 is 10.5 Å². The van der Waals surface area contributed by atoms with Crippen LogP contribution in [0.1, 0.15) is 5.56 Å². The van der Waals surface area contributed by atoms with Crippen LogP contribution in [-0.4, -0.2) is 7.11 Å². The summed E-state index contributed by atoms with van der Waals surface area (Å²) in [7, 11) is 1.69. The van der Waals surface area contributed by atoms with Gasteiger partial charge in [0.15, 0.2) is 0 Å². The van der Waals surface area contributed by atoms with Crippen molar-refractivity contribution < 1.29 is 4.74 Å². The summed E-state index contributed by atoms with van der Waals surface area (Å²) < 4.78 is 5.25. The molecule has 0 aliphatic rings. The van der Waals surface area contributed by atoms with Crippen molar-refractivity contribution in [1.82, 2.24) is 0 Å². The number of nitrogens with two attached hydrogens (primary N) is 1. The lowest BCUT2D eigenvalue weighted by Gasteiger charge is -2.07. The first kappa shape index (κ1) is 12.7. The molecular weight excluding hydrogens is 246 g/mol. The highest BCUT2D eigenvalue weighted by Crippen LogP contribution is 2.27. The van der Waals surface area contributed by atoms with Crippen molar-refractivity contribution >= 4 is 10.8 Å². The topological polar surface area (TPSA) is 35.2 Å². The summed E-state index contributed by atoms with van der Waals surface area (Å²) in [5.74, 6) is 0.887. The van der Waals surface area contributed by atoms with Gasteiger partial charge in [-0.25, -0.2) is 0 Å². The lowest BCUT2D eigenvalue weighted by molar-refractivity contribution is 0.415. The largest absolute Gasteiger partial charge is 0.497 e. The number of rotatable bonds is 3. The summed E-state index contributed by atoms with van der Waals surface area (Å²) in [5, 5.41) is 2.40. The van der Waals surface area contributed by atoms with E-state index in [1.807, 2.05) is 6.07 Å². The van der Waals surface area contributed by atoms with E-state index in [0.717, 1.165) is 11.3 Å². The molecule has 2 heteroatoms. The van der Waals surface area contributed by atoms with Gasteiger partial charge in [-0.15, -0.1) is 0 Å². The molecule has 0 saturated heterocycles. The highest BCUT2D eigenvalue weighted by molar-refractivity contribution is 5.88. The van der Waals surface area contributed by atoms with Crippen LogP contribution in [0, 0.1) is 0 Å². The Morgan fingerprint density at radius 3 is 2.15 bits per heavy atom. The summed E-state index contributed by atoms with van der Waals surface area (Å²) in [6, 6.07) is 21.0. The van der Waals surface area contributed by atoms with Crippen molar-refractivity contribution in [2.24, 2.45) is 5.73 Å². The van der Waals surface area contributed by atoms with Crippen LogP contribution in [0.5, 0.6) is 5.75 Å². The second kappa shape index (κ2) is 5.35. The maximum atomic E-state index is 5.63. The minimum absolute atomic E-state index is 0.581. The minimum Gasteiger partial charge on any atom is -0.497 e. The van der Waals surface area contributed by atoms with Gasteiger partial charge in [-0.1, -0.05) is 42.5 Å². The van der Waals surface area contributed by atoms with E-state index in [1.54, 1.807) is 7.11 Å². The smallest absolute Gasteiger partial charge is 0.119 e. The SMILES string of the molecule is COc1ccc2cc(-c3ccc(CN)cc3)ccc2c1. The van der Waals surface area contributed by atoms with E-state index in [2.05, 4.69) is 54.6 Å². The number of fused-ring (bicyclic) bond motifs is 1. The van der Waals surface area contributed by atoms with Crippen molar-refractivity contribution in [2.75, 3.05) is 7.11 Å². The van der Waals surface area contributed by atoms with Gasteiger partial charge in [0, 0.05) is 6.54 Å². The van der Waals surface area contributed by atoms with E-state index in [4.69, 9.17) is 10.5 Å². The Bertz CT molecular complexity index is 732. The third-order valence-corrected chi connectivity index (χ3v) is 3.57. The zero-order chi connectivity index (χ0) is 13.9. The average molecular weight is 263 g/mol. The molecule has 0 fully saturated rings. The van der Waals surface area contributed by atoms with Gasteiger partial charge in [0.25, 0.3) is 0 Å². The zero-order valence-electron chi connectivity index (χ0n) is 11.5. The van der Waals surface area contributed by atoms with E-state index >= 15 is 0 Å². The quantitative estimate of drug-likeness (QED) is 0.776. The Labute approximate surface area is 118 Å². The number of methoxy groups -OCH3 is 1. The third kappa shape index (κ3) is 2.38. The third-order valence-electron chi connectivity index (χ3n) is 3.57. The van der Waals surface area contributed by atoms with Gasteiger partial charge in [0.05, 0.1) is 7.11 Å². The van der Waals surface area contributed by atoms with Crippen LogP contribution in [0.25, 0.3) is 21.9 Å². The first-order valence-electron chi connectivity index (χ1n) is 6.67. The maximum absolute atomic E-state index is 5.63. The summed E-state index contributed by atoms with van der Waals surface area (Å²) in [6.07, 6.45) is 0. The van der Waals surface area contributed by atoms with E-state index in [-0.39, 0.29) is 0 Å². The average Bonchev–Trinajstić information content (AvgIpc) is 2.54. The molecule has 3 rings (SSSR count). The molecule has 2 N–H and O–H groups in total. The normalized spacial score (nSPS) is 10.7. The molecule has 0 aliphatic heterocycles. The number of hydrogen-bond acceptors (Lipinski definition) is 2. The van der Waals surface area contributed by atoms with Crippen LogP contribution < -0.4 is 10.5 Å². The molecule has 0 spiro atoms. The molecule has 0 aromatic heterocycles. The van der Waals surface area contributed by atoms with E-state index in [1.165, 1.54) is 21.9 Å². The minimum atomic E-state index is 0.581. The van der Waals surface area contributed by atoms with Crippen molar-refractivity contribution in [1.29, 1.82) is 0 Å². The fourth-order valence-electron chi connectivity index (χ4n) is 2.36. The molecule has 2 nitrogen and oxygen atoms in total. The second-order valence-corrected chi connectivity index (χ2v) is 4.83. The van der Waals surface area contributed by atoms with Gasteiger partial charge >= 0.3 is 0 Å². The van der Waals surface area contributed by atoms with Gasteiger partial charge in [-0.2, -0.15) is 0 Å². The Hall–Kier alpha value is -2.32. The molecule has 0 bridgehead atoms. The van der Waals surface area contributed by atoms with E-state index in [0.29, 0.717) is 6.54 Å². The lowest BCUT2D eigenvalue weighted by Crippen LogP contribution is -1.95. The van der Waals surface area contributed by atoms with Crippen molar-refractivity contribution in [3.05, 3.63) is 66.2 Å². The highest BCUT2D eigenvalue weighted by atomic mass is 16.5. The number of hydrogen-bond donors (Lipinski definition) is 1. The van der Waals surface area contributed by atoms with Crippen LogP contribution in [0.3, 0.4) is 0 Å². The summed E-state index contributed by atoms with van der Waals surface area (Å²) in [6.45, 7) is 0.581. The molecule has 0 atom stereocenters. The molecule has 0 saturated carbocycles. The Morgan fingerprint density at radius 2 is 1.45 bits per heavy atom. The summed E-state index contributed by atoms with van der Waals surface area (Å²) >= 11 is 0. The standard InChI is InChI=1S/C18H17NO/c1-20-18-9-8-16-10-15(6-7-17(16)11-18)14-4-2-13(12-19)3-5-14/h2-11H,12,19H2,1H3. The number of ether oxygens (including phenoxy) is 1. The fraction of sp³-hybridized carbons (Fsp3) is 0.111. The van der Waals surface area contributed by atoms with Crippen LogP contribution >= 0.6 is 0 Å². The monoisotopic (exact) mass is 263 g/mol. The van der Waals surface area contributed by atoms with Gasteiger partial charge in [-0.3, -0.25) is 0 Å². The summed E-state index contributed by atoms with van der Waals surface area (Å²) in [5.41, 5.74) is 9.20. The highest BCUT2D eigenvalue weighted by Gasteiger charge is 2.01. The summed E-state index contributed by atoms with van der Waals surface area (Å²) in [4.78, 5) is 0. The second-order valence-electron chi connectivity index (χ2n) is 4.83. The Morgan fingerprint density at radius 1 is 0.800 bits per heavy atom. The van der Waals surface area contributed by atoms with E-state index in [9.17, 15) is 0 Å². The predicted molar refractivity (Wildman–Crippen MR) is 83.8 cm³/mol. The molecular formula is C18H17NO. The van der Waals surface area contributed by atoms with Crippen molar-refractivity contribution in [2.45, 2.75) is 6.54 Å². The first-order chi connectivity index (χ1) is 9.80. The molecule has 20 heavy (non-hydrogen) atoms. The molecule has 0 amide bonds. The van der Waals surface area contributed by atoms with Crippen LogP contribution in [-0.2, 0) is 6.54 Å². The maximum Gasteiger partial charge on any atom is 0.119 e. The first-order valence-corrected chi connectivity index (χ1v) is 6.67. The molecule has 3 aromatic carbocycles. The lowest BCUT2D eigenvalue weighted by atomic mass is 10.0. The van der Waals surface area contributed by atoms with Gasteiger partial charge in [-0.05, 0) is 45.7 Å². The number of benzene rings is 3. The molecule has 0 radical (unpaired) electrons. The van der Waals surface area contributed by atoms with Gasteiger partial charge in [0.2, 0.25) is 0 Å². The molecule has 3 aromatic rings. The molecule has 0 aliphatic carbocycles. The van der Waals surface area contributed by atoms with E-state index < -0.39 is 0 Å². The van der Waals surface area contributed by atoms with Gasteiger partial charge in [0.1, 0.15) is 5.75 Å². The fourth-order valence-corrected chi connectivity index (χ4v) is 2.36. The van der Waals surface area contributed by atoms with Crippen molar-refractivity contribution in [3.63, 3.8) is 0 Å². The van der Waals surface area contributed by atoms with Crippen LogP contribution in [0.15, 0.2) is 60.7 Å². The molecule has 100 valence electrons.